The molecule has 0 aliphatic carbocycles. The molecule has 1 aliphatic rings. The Morgan fingerprint density at radius 3 is 2.64 bits per heavy atom. The Kier molecular flexibility index (Phi) is 6.23. The number of carbonyl (C=O) groups excluding carboxylic acids is 1. The zero-order valence-corrected chi connectivity index (χ0v) is 14.7. The average Bonchev–Trinajstić information content (AvgIpc) is 2.63. The lowest BCUT2D eigenvalue weighted by Crippen LogP contribution is -2.35. The molecule has 0 spiro atoms. The first-order valence-electron chi connectivity index (χ1n) is 8.33. The number of anilines is 1. The Bertz CT molecular complexity index is 738. The molecule has 1 fully saturated rings. The normalized spacial score (nSPS) is 15.4. The van der Waals surface area contributed by atoms with Gasteiger partial charge in [0.1, 0.15) is 0 Å². The summed E-state index contributed by atoms with van der Waals surface area (Å²) in [5.41, 5.74) is 2.91. The van der Waals surface area contributed by atoms with Crippen LogP contribution in [0.1, 0.15) is 11.1 Å². The van der Waals surface area contributed by atoms with Gasteiger partial charge in [0, 0.05) is 36.4 Å². The molecular formula is C20H21ClN2O2. The van der Waals surface area contributed by atoms with Crippen LogP contribution in [0.3, 0.4) is 0 Å². The van der Waals surface area contributed by atoms with Crippen LogP contribution in [0.15, 0.2) is 54.6 Å². The Morgan fingerprint density at radius 1 is 1.16 bits per heavy atom. The molecule has 0 bridgehead atoms. The number of amides is 1. The van der Waals surface area contributed by atoms with Gasteiger partial charge in [-0.2, -0.15) is 0 Å². The van der Waals surface area contributed by atoms with Crippen LogP contribution in [0.5, 0.6) is 0 Å². The van der Waals surface area contributed by atoms with Gasteiger partial charge in [-0.05, 0) is 41.5 Å². The molecule has 3 rings (SSSR count). The van der Waals surface area contributed by atoms with Gasteiger partial charge in [0.05, 0.1) is 13.2 Å². The van der Waals surface area contributed by atoms with Gasteiger partial charge in [-0.25, -0.2) is 0 Å². The third kappa shape index (κ3) is 5.71. The third-order valence-electron chi connectivity index (χ3n) is 4.01. The third-order valence-corrected chi connectivity index (χ3v) is 4.24. The van der Waals surface area contributed by atoms with E-state index in [0.29, 0.717) is 5.02 Å². The van der Waals surface area contributed by atoms with Crippen LogP contribution in [0.25, 0.3) is 6.08 Å². The van der Waals surface area contributed by atoms with E-state index in [1.54, 1.807) is 12.1 Å². The maximum absolute atomic E-state index is 12.0. The summed E-state index contributed by atoms with van der Waals surface area (Å²) in [6, 6.07) is 15.3. The summed E-state index contributed by atoms with van der Waals surface area (Å²) in [6.07, 6.45) is 3.25. The van der Waals surface area contributed by atoms with Gasteiger partial charge < -0.3 is 10.1 Å². The molecule has 0 atom stereocenters. The molecular weight excluding hydrogens is 336 g/mol. The van der Waals surface area contributed by atoms with Crippen molar-refractivity contribution in [3.8, 4) is 0 Å². The first kappa shape index (κ1) is 17.7. The van der Waals surface area contributed by atoms with Crippen molar-refractivity contribution < 1.29 is 9.53 Å². The molecule has 1 N–H and O–H groups in total. The fourth-order valence-corrected chi connectivity index (χ4v) is 2.88. The lowest BCUT2D eigenvalue weighted by Gasteiger charge is -2.26. The molecule has 2 aromatic rings. The van der Waals surface area contributed by atoms with E-state index in [2.05, 4.69) is 10.2 Å². The summed E-state index contributed by atoms with van der Waals surface area (Å²) >= 11 is 5.93. The molecule has 25 heavy (non-hydrogen) atoms. The standard InChI is InChI=1S/C20H21ClN2O2/c21-18-3-1-2-16(14-18)6-9-20(24)22-19-7-4-17(5-8-19)15-23-10-12-25-13-11-23/h1-9,14H,10-13,15H2,(H,22,24)/b9-6+. The van der Waals surface area contributed by atoms with E-state index in [1.165, 1.54) is 11.6 Å². The Labute approximate surface area is 153 Å². The number of carbonyl (C=O) groups is 1. The Morgan fingerprint density at radius 2 is 1.92 bits per heavy atom. The molecule has 2 aromatic carbocycles. The smallest absolute Gasteiger partial charge is 0.248 e. The van der Waals surface area contributed by atoms with Gasteiger partial charge in [0.2, 0.25) is 5.91 Å². The summed E-state index contributed by atoms with van der Waals surface area (Å²) in [4.78, 5) is 14.4. The minimum absolute atomic E-state index is 0.166. The molecule has 1 saturated heterocycles. The number of nitrogens with zero attached hydrogens (tertiary/aromatic N) is 1. The van der Waals surface area contributed by atoms with E-state index < -0.39 is 0 Å². The number of hydrogen-bond donors (Lipinski definition) is 1. The summed E-state index contributed by atoms with van der Waals surface area (Å²) in [5, 5.41) is 3.52. The molecule has 0 saturated carbocycles. The molecule has 4 nitrogen and oxygen atoms in total. The van der Waals surface area contributed by atoms with Crippen LogP contribution < -0.4 is 5.32 Å². The molecule has 1 heterocycles. The molecule has 0 radical (unpaired) electrons. The van der Waals surface area contributed by atoms with Gasteiger partial charge >= 0.3 is 0 Å². The van der Waals surface area contributed by atoms with Crippen LogP contribution in [-0.4, -0.2) is 37.1 Å². The quantitative estimate of drug-likeness (QED) is 0.828. The van der Waals surface area contributed by atoms with Crippen LogP contribution in [0.2, 0.25) is 5.02 Å². The number of halogens is 1. The predicted molar refractivity (Wildman–Crippen MR) is 102 cm³/mol. The number of hydrogen-bond acceptors (Lipinski definition) is 3. The highest BCUT2D eigenvalue weighted by molar-refractivity contribution is 6.30. The number of morpholine rings is 1. The van der Waals surface area contributed by atoms with Crippen molar-refractivity contribution >= 4 is 29.3 Å². The van der Waals surface area contributed by atoms with Crippen LogP contribution in [0.4, 0.5) is 5.69 Å². The van der Waals surface area contributed by atoms with E-state index in [0.717, 1.165) is 44.1 Å². The molecule has 1 amide bonds. The number of ether oxygens (including phenoxy) is 1. The summed E-state index contributed by atoms with van der Waals surface area (Å²) in [5.74, 6) is -0.166. The van der Waals surface area contributed by atoms with Crippen molar-refractivity contribution in [1.82, 2.24) is 4.90 Å². The first-order valence-corrected chi connectivity index (χ1v) is 8.70. The SMILES string of the molecule is O=C(/C=C/c1cccc(Cl)c1)Nc1ccc(CN2CCOCC2)cc1. The molecule has 0 unspecified atom stereocenters. The number of benzene rings is 2. The fraction of sp³-hybridized carbons (Fsp3) is 0.250. The van der Waals surface area contributed by atoms with Crippen molar-refractivity contribution in [3.05, 3.63) is 70.8 Å². The number of rotatable bonds is 5. The van der Waals surface area contributed by atoms with Gasteiger partial charge in [0.25, 0.3) is 0 Å². The minimum Gasteiger partial charge on any atom is -0.379 e. The highest BCUT2D eigenvalue weighted by Crippen LogP contribution is 2.14. The Hall–Kier alpha value is -2.14. The topological polar surface area (TPSA) is 41.6 Å². The van der Waals surface area contributed by atoms with E-state index in [9.17, 15) is 4.79 Å². The average molecular weight is 357 g/mol. The second-order valence-corrected chi connectivity index (χ2v) is 6.40. The van der Waals surface area contributed by atoms with E-state index >= 15 is 0 Å². The highest BCUT2D eigenvalue weighted by atomic mass is 35.5. The van der Waals surface area contributed by atoms with Crippen LogP contribution in [0, 0.1) is 0 Å². The van der Waals surface area contributed by atoms with Crippen molar-refractivity contribution in [2.45, 2.75) is 6.54 Å². The largest absolute Gasteiger partial charge is 0.379 e. The maximum Gasteiger partial charge on any atom is 0.248 e. The van der Waals surface area contributed by atoms with Crippen molar-refractivity contribution in [1.29, 1.82) is 0 Å². The zero-order valence-electron chi connectivity index (χ0n) is 14.0. The lowest BCUT2D eigenvalue weighted by molar-refractivity contribution is -0.111. The Balaban J connectivity index is 1.52. The zero-order chi connectivity index (χ0) is 17.5. The number of nitrogens with one attached hydrogen (secondary N) is 1. The van der Waals surface area contributed by atoms with Crippen LogP contribution >= 0.6 is 11.6 Å². The van der Waals surface area contributed by atoms with Crippen molar-refractivity contribution in [2.75, 3.05) is 31.6 Å². The highest BCUT2D eigenvalue weighted by Gasteiger charge is 2.10. The summed E-state index contributed by atoms with van der Waals surface area (Å²) in [7, 11) is 0. The van der Waals surface area contributed by atoms with Crippen molar-refractivity contribution in [2.24, 2.45) is 0 Å². The van der Waals surface area contributed by atoms with Crippen molar-refractivity contribution in [3.63, 3.8) is 0 Å². The minimum atomic E-state index is -0.166. The van der Waals surface area contributed by atoms with Gasteiger partial charge in [-0.3, -0.25) is 9.69 Å². The summed E-state index contributed by atoms with van der Waals surface area (Å²) < 4.78 is 5.36. The van der Waals surface area contributed by atoms with Gasteiger partial charge in [0.15, 0.2) is 0 Å². The first-order chi connectivity index (χ1) is 12.2. The summed E-state index contributed by atoms with van der Waals surface area (Å²) in [6.45, 7) is 4.44. The van der Waals surface area contributed by atoms with Gasteiger partial charge in [-0.15, -0.1) is 0 Å². The maximum atomic E-state index is 12.0. The second-order valence-electron chi connectivity index (χ2n) is 5.96. The van der Waals surface area contributed by atoms with E-state index in [1.807, 2.05) is 42.5 Å². The van der Waals surface area contributed by atoms with E-state index in [4.69, 9.17) is 16.3 Å². The molecule has 130 valence electrons. The fourth-order valence-electron chi connectivity index (χ4n) is 2.68. The monoisotopic (exact) mass is 356 g/mol. The van der Waals surface area contributed by atoms with Gasteiger partial charge in [-0.1, -0.05) is 35.9 Å². The molecule has 1 aliphatic heterocycles. The predicted octanol–water partition coefficient (Wildman–Crippen LogP) is 3.82. The lowest BCUT2D eigenvalue weighted by atomic mass is 10.2. The molecule has 0 aromatic heterocycles. The van der Waals surface area contributed by atoms with Crippen LogP contribution in [-0.2, 0) is 16.1 Å². The second kappa shape index (κ2) is 8.81. The van der Waals surface area contributed by atoms with E-state index in [-0.39, 0.29) is 5.91 Å². The molecule has 5 heteroatoms.